The number of benzene rings is 1. The fourth-order valence-electron chi connectivity index (χ4n) is 2.57. The van der Waals surface area contributed by atoms with Gasteiger partial charge in [0.25, 0.3) is 10.2 Å². The highest BCUT2D eigenvalue weighted by Crippen LogP contribution is 2.36. The maximum atomic E-state index is 12.5. The van der Waals surface area contributed by atoms with E-state index in [1.165, 1.54) is 4.31 Å². The summed E-state index contributed by atoms with van der Waals surface area (Å²) in [6.07, 6.45) is 1.88. The average molecular weight is 345 g/mol. The van der Waals surface area contributed by atoms with E-state index in [1.807, 2.05) is 24.3 Å². The van der Waals surface area contributed by atoms with Gasteiger partial charge in [0, 0.05) is 35.1 Å². The molecule has 3 rings (SSSR count). The Kier molecular flexibility index (Phi) is 4.25. The molecule has 2 heterocycles. The minimum absolute atomic E-state index is 0.316. The molecule has 0 atom stereocenters. The van der Waals surface area contributed by atoms with Crippen LogP contribution in [0.1, 0.15) is 17.7 Å². The topological polar surface area (TPSA) is 40.6 Å². The van der Waals surface area contributed by atoms with Gasteiger partial charge in [0.1, 0.15) is 0 Å². The fraction of sp³-hybridized carbons (Fsp3) is 0.429. The number of thiophene rings is 1. The van der Waals surface area contributed by atoms with Gasteiger partial charge >= 0.3 is 0 Å². The molecule has 1 aromatic heterocycles. The quantitative estimate of drug-likeness (QED) is 0.853. The zero-order valence-electron chi connectivity index (χ0n) is 11.8. The zero-order valence-corrected chi connectivity index (χ0v) is 14.1. The summed E-state index contributed by atoms with van der Waals surface area (Å²) in [5.41, 5.74) is 0. The van der Waals surface area contributed by atoms with Crippen LogP contribution in [-0.4, -0.2) is 37.2 Å². The number of nitrogens with zero attached hydrogens (tertiary/aromatic N) is 2. The Labute approximate surface area is 134 Å². The first-order valence-corrected chi connectivity index (χ1v) is 9.46. The van der Waals surface area contributed by atoms with Crippen molar-refractivity contribution in [1.29, 1.82) is 0 Å². The van der Waals surface area contributed by atoms with Gasteiger partial charge in [-0.25, -0.2) is 0 Å². The fourth-order valence-corrected chi connectivity index (χ4v) is 5.60. The predicted octanol–water partition coefficient (Wildman–Crippen LogP) is 3.33. The number of halogens is 1. The van der Waals surface area contributed by atoms with E-state index in [1.54, 1.807) is 22.7 Å². The standard InChI is InChI=1S/C14H17ClN2O2S2/c1-16(21(18,19)17-8-4-5-9-17)10-13-14(15)11-6-2-3-7-12(11)20-13/h2-3,6-7H,4-5,8-10H2,1H3. The van der Waals surface area contributed by atoms with Crippen LogP contribution >= 0.6 is 22.9 Å². The van der Waals surface area contributed by atoms with Crippen LogP contribution < -0.4 is 0 Å². The largest absolute Gasteiger partial charge is 0.282 e. The molecule has 2 aromatic rings. The molecule has 1 aliphatic rings. The van der Waals surface area contributed by atoms with E-state index in [2.05, 4.69) is 0 Å². The van der Waals surface area contributed by atoms with Crippen LogP contribution in [0.25, 0.3) is 10.1 Å². The maximum absolute atomic E-state index is 12.5. The van der Waals surface area contributed by atoms with E-state index in [0.717, 1.165) is 27.8 Å². The molecular formula is C14H17ClN2O2S2. The van der Waals surface area contributed by atoms with E-state index in [0.29, 0.717) is 24.7 Å². The third kappa shape index (κ3) is 2.83. The summed E-state index contributed by atoms with van der Waals surface area (Å²) in [6, 6.07) is 7.87. The van der Waals surface area contributed by atoms with E-state index < -0.39 is 10.2 Å². The molecule has 4 nitrogen and oxygen atoms in total. The molecule has 1 aliphatic heterocycles. The summed E-state index contributed by atoms with van der Waals surface area (Å²) in [7, 11) is -1.76. The lowest BCUT2D eigenvalue weighted by molar-refractivity contribution is 0.393. The zero-order chi connectivity index (χ0) is 15.0. The van der Waals surface area contributed by atoms with Crippen LogP contribution in [-0.2, 0) is 16.8 Å². The molecule has 114 valence electrons. The first-order valence-electron chi connectivity index (χ1n) is 6.87. The van der Waals surface area contributed by atoms with Crippen LogP contribution in [0, 0.1) is 0 Å². The van der Waals surface area contributed by atoms with Gasteiger partial charge in [-0.2, -0.15) is 17.0 Å². The van der Waals surface area contributed by atoms with E-state index >= 15 is 0 Å². The van der Waals surface area contributed by atoms with Crippen molar-refractivity contribution in [1.82, 2.24) is 8.61 Å². The van der Waals surface area contributed by atoms with Crippen molar-refractivity contribution in [2.45, 2.75) is 19.4 Å². The molecule has 0 saturated carbocycles. The molecule has 1 fully saturated rings. The number of hydrogen-bond acceptors (Lipinski definition) is 3. The minimum Gasteiger partial charge on any atom is -0.195 e. The molecule has 0 spiro atoms. The predicted molar refractivity (Wildman–Crippen MR) is 88.0 cm³/mol. The monoisotopic (exact) mass is 344 g/mol. The summed E-state index contributed by atoms with van der Waals surface area (Å²) in [5, 5.41) is 1.66. The van der Waals surface area contributed by atoms with Gasteiger partial charge < -0.3 is 0 Å². The van der Waals surface area contributed by atoms with Gasteiger partial charge in [0.2, 0.25) is 0 Å². The third-order valence-corrected chi connectivity index (χ3v) is 7.39. The van der Waals surface area contributed by atoms with Crippen molar-refractivity contribution in [2.75, 3.05) is 20.1 Å². The van der Waals surface area contributed by atoms with Crippen LogP contribution in [0.3, 0.4) is 0 Å². The van der Waals surface area contributed by atoms with E-state index in [-0.39, 0.29) is 0 Å². The van der Waals surface area contributed by atoms with Crippen LogP contribution in [0.4, 0.5) is 0 Å². The highest BCUT2D eigenvalue weighted by molar-refractivity contribution is 7.86. The van der Waals surface area contributed by atoms with Gasteiger partial charge in [-0.3, -0.25) is 0 Å². The molecule has 1 saturated heterocycles. The second-order valence-corrected chi connectivity index (χ2v) is 8.76. The molecular weight excluding hydrogens is 328 g/mol. The van der Waals surface area contributed by atoms with Gasteiger partial charge in [0.15, 0.2) is 0 Å². The van der Waals surface area contributed by atoms with Crippen LogP contribution in [0.5, 0.6) is 0 Å². The molecule has 0 radical (unpaired) electrons. The van der Waals surface area contributed by atoms with Crippen molar-refractivity contribution in [2.24, 2.45) is 0 Å². The second kappa shape index (κ2) is 5.85. The molecule has 0 aliphatic carbocycles. The van der Waals surface area contributed by atoms with Crippen molar-refractivity contribution in [3.05, 3.63) is 34.2 Å². The Morgan fingerprint density at radius 1 is 1.29 bits per heavy atom. The Morgan fingerprint density at radius 2 is 1.95 bits per heavy atom. The third-order valence-electron chi connectivity index (χ3n) is 3.75. The Bertz CT molecular complexity index is 751. The molecule has 1 aromatic carbocycles. The van der Waals surface area contributed by atoms with Crippen molar-refractivity contribution in [3.8, 4) is 0 Å². The first kappa shape index (κ1) is 15.2. The van der Waals surface area contributed by atoms with Gasteiger partial charge in [-0.15, -0.1) is 11.3 Å². The average Bonchev–Trinajstić information content (AvgIpc) is 3.09. The molecule has 0 bridgehead atoms. The van der Waals surface area contributed by atoms with Crippen molar-refractivity contribution in [3.63, 3.8) is 0 Å². The second-order valence-electron chi connectivity index (χ2n) is 5.21. The van der Waals surface area contributed by atoms with Crippen molar-refractivity contribution >= 4 is 43.2 Å². The molecule has 0 unspecified atom stereocenters. The first-order chi connectivity index (χ1) is 10.00. The summed E-state index contributed by atoms with van der Waals surface area (Å²) in [5.74, 6) is 0. The number of rotatable bonds is 4. The summed E-state index contributed by atoms with van der Waals surface area (Å²) in [4.78, 5) is 0.892. The molecule has 21 heavy (non-hydrogen) atoms. The van der Waals surface area contributed by atoms with Crippen LogP contribution in [0.15, 0.2) is 24.3 Å². The lowest BCUT2D eigenvalue weighted by Crippen LogP contribution is -2.39. The molecule has 0 amide bonds. The SMILES string of the molecule is CN(Cc1sc2ccccc2c1Cl)S(=O)(=O)N1CCCC1. The highest BCUT2D eigenvalue weighted by Gasteiger charge is 2.30. The van der Waals surface area contributed by atoms with Gasteiger partial charge in [-0.1, -0.05) is 29.8 Å². The van der Waals surface area contributed by atoms with Crippen LogP contribution in [0.2, 0.25) is 5.02 Å². The maximum Gasteiger partial charge on any atom is 0.282 e. The Balaban J connectivity index is 1.86. The minimum atomic E-state index is -3.38. The summed E-state index contributed by atoms with van der Waals surface area (Å²) in [6.45, 7) is 1.55. The molecule has 0 N–H and O–H groups in total. The van der Waals surface area contributed by atoms with Gasteiger partial charge in [0.05, 0.1) is 11.6 Å². The van der Waals surface area contributed by atoms with Crippen molar-refractivity contribution < 1.29 is 8.42 Å². The summed E-state index contributed by atoms with van der Waals surface area (Å²) >= 11 is 7.94. The molecule has 7 heteroatoms. The van der Waals surface area contributed by atoms with E-state index in [4.69, 9.17) is 11.6 Å². The normalized spacial score (nSPS) is 17.1. The van der Waals surface area contributed by atoms with Gasteiger partial charge in [-0.05, 0) is 18.9 Å². The Morgan fingerprint density at radius 3 is 2.62 bits per heavy atom. The summed E-state index contributed by atoms with van der Waals surface area (Å²) < 4.78 is 29.0. The Hall–Kier alpha value is -0.660. The van der Waals surface area contributed by atoms with E-state index in [9.17, 15) is 8.42 Å². The lowest BCUT2D eigenvalue weighted by atomic mass is 10.2. The smallest absolute Gasteiger partial charge is 0.195 e. The lowest BCUT2D eigenvalue weighted by Gasteiger charge is -2.23. The number of hydrogen-bond donors (Lipinski definition) is 0. The number of fused-ring (bicyclic) bond motifs is 1. The highest BCUT2D eigenvalue weighted by atomic mass is 35.5.